The first-order valence-electron chi connectivity index (χ1n) is 9.69. The largest absolute Gasteiger partial charge is 0.325 e. The summed E-state index contributed by atoms with van der Waals surface area (Å²) in [5.41, 5.74) is -0.588. The van der Waals surface area contributed by atoms with Crippen LogP contribution in [0.5, 0.6) is 0 Å². The Morgan fingerprint density at radius 3 is 2.07 bits per heavy atom. The lowest BCUT2D eigenvalue weighted by molar-refractivity contribution is -0.134. The van der Waals surface area contributed by atoms with Crippen LogP contribution in [0.4, 0.5) is 10.5 Å². The summed E-state index contributed by atoms with van der Waals surface area (Å²) >= 11 is 0. The van der Waals surface area contributed by atoms with Crippen LogP contribution in [0, 0.1) is 0 Å². The highest BCUT2D eigenvalue weighted by Crippen LogP contribution is 2.25. The topological polar surface area (TPSA) is 116 Å². The molecule has 1 aromatic rings. The van der Waals surface area contributed by atoms with Crippen molar-refractivity contribution >= 4 is 33.6 Å². The normalized spacial score (nSPS) is 16.2. The van der Waals surface area contributed by atoms with Crippen molar-refractivity contribution in [2.75, 3.05) is 25.0 Å². The molecule has 1 saturated heterocycles. The van der Waals surface area contributed by atoms with Gasteiger partial charge in [-0.2, -0.15) is 4.31 Å². The van der Waals surface area contributed by atoms with Crippen molar-refractivity contribution in [1.29, 1.82) is 0 Å². The van der Waals surface area contributed by atoms with Gasteiger partial charge < -0.3 is 10.6 Å². The SMILES string of the molecule is CCN(CC)S(=O)(=O)c1ccc(NC(=O)CN2C(=O)NC(CC)(CC)C2=O)cc1. The molecule has 4 amide bonds. The van der Waals surface area contributed by atoms with Crippen molar-refractivity contribution in [3.05, 3.63) is 24.3 Å². The van der Waals surface area contributed by atoms with E-state index in [0.29, 0.717) is 31.6 Å². The first-order valence-corrected chi connectivity index (χ1v) is 11.1. The number of hydrogen-bond acceptors (Lipinski definition) is 5. The molecule has 10 heteroatoms. The Morgan fingerprint density at radius 1 is 1.07 bits per heavy atom. The molecule has 1 heterocycles. The van der Waals surface area contributed by atoms with E-state index in [9.17, 15) is 22.8 Å². The number of anilines is 1. The molecule has 1 aliphatic heterocycles. The molecule has 29 heavy (non-hydrogen) atoms. The Bertz CT molecular complexity index is 874. The van der Waals surface area contributed by atoms with E-state index < -0.39 is 40.0 Å². The molecule has 2 N–H and O–H groups in total. The maximum absolute atomic E-state index is 12.6. The summed E-state index contributed by atoms with van der Waals surface area (Å²) in [4.78, 5) is 38.0. The summed E-state index contributed by atoms with van der Waals surface area (Å²) in [6.45, 7) is 7.44. The molecule has 0 aromatic heterocycles. The molecule has 0 unspecified atom stereocenters. The maximum Gasteiger partial charge on any atom is 0.325 e. The number of sulfonamides is 1. The van der Waals surface area contributed by atoms with E-state index in [1.54, 1.807) is 27.7 Å². The highest BCUT2D eigenvalue weighted by atomic mass is 32.2. The molecule has 1 fully saturated rings. The zero-order valence-corrected chi connectivity index (χ0v) is 18.0. The Hall–Kier alpha value is -2.46. The van der Waals surface area contributed by atoms with E-state index in [1.165, 1.54) is 28.6 Å². The second-order valence-corrected chi connectivity index (χ2v) is 8.71. The molecule has 0 atom stereocenters. The lowest BCUT2D eigenvalue weighted by Gasteiger charge is -2.23. The number of benzene rings is 1. The van der Waals surface area contributed by atoms with Crippen molar-refractivity contribution in [3.8, 4) is 0 Å². The van der Waals surface area contributed by atoms with Gasteiger partial charge in [0.05, 0.1) is 4.90 Å². The maximum atomic E-state index is 12.6. The van der Waals surface area contributed by atoms with Crippen LogP contribution >= 0.6 is 0 Å². The third-order valence-electron chi connectivity index (χ3n) is 5.24. The summed E-state index contributed by atoms with van der Waals surface area (Å²) in [6.07, 6.45) is 0.878. The monoisotopic (exact) mass is 424 g/mol. The van der Waals surface area contributed by atoms with Gasteiger partial charge in [0.15, 0.2) is 0 Å². The van der Waals surface area contributed by atoms with Crippen molar-refractivity contribution in [2.45, 2.75) is 51.0 Å². The molecule has 160 valence electrons. The van der Waals surface area contributed by atoms with Crippen LogP contribution in [-0.4, -0.2) is 60.6 Å². The minimum Gasteiger partial charge on any atom is -0.325 e. The molecule has 0 radical (unpaired) electrons. The second-order valence-electron chi connectivity index (χ2n) is 6.77. The third kappa shape index (κ3) is 4.43. The Labute approximate surface area is 171 Å². The van der Waals surface area contributed by atoms with Gasteiger partial charge in [-0.3, -0.25) is 14.5 Å². The van der Waals surface area contributed by atoms with Gasteiger partial charge in [-0.25, -0.2) is 13.2 Å². The minimum absolute atomic E-state index is 0.129. The minimum atomic E-state index is -3.58. The van der Waals surface area contributed by atoms with Gasteiger partial charge in [0, 0.05) is 18.8 Å². The number of urea groups is 1. The summed E-state index contributed by atoms with van der Waals surface area (Å²) in [5.74, 6) is -0.959. The number of hydrogen-bond donors (Lipinski definition) is 2. The Kier molecular flexibility index (Phi) is 7.02. The molecule has 1 aliphatic rings. The van der Waals surface area contributed by atoms with E-state index in [2.05, 4.69) is 10.6 Å². The van der Waals surface area contributed by atoms with Crippen molar-refractivity contribution < 1.29 is 22.8 Å². The molecule has 9 nitrogen and oxygen atoms in total. The van der Waals surface area contributed by atoms with Crippen LogP contribution in [0.15, 0.2) is 29.2 Å². The highest BCUT2D eigenvalue weighted by molar-refractivity contribution is 7.89. The number of imide groups is 1. The van der Waals surface area contributed by atoms with E-state index in [1.807, 2.05) is 0 Å². The van der Waals surface area contributed by atoms with Gasteiger partial charge in [0.2, 0.25) is 15.9 Å². The van der Waals surface area contributed by atoms with Crippen LogP contribution in [0.25, 0.3) is 0 Å². The van der Waals surface area contributed by atoms with Crippen LogP contribution < -0.4 is 10.6 Å². The molecule has 0 saturated carbocycles. The van der Waals surface area contributed by atoms with E-state index >= 15 is 0 Å². The molecule has 0 aliphatic carbocycles. The van der Waals surface area contributed by atoms with Crippen LogP contribution in [-0.2, 0) is 19.6 Å². The number of carbonyl (C=O) groups excluding carboxylic acids is 3. The zero-order chi connectivity index (χ0) is 21.8. The van der Waals surface area contributed by atoms with Crippen molar-refractivity contribution in [2.24, 2.45) is 0 Å². The zero-order valence-electron chi connectivity index (χ0n) is 17.2. The number of rotatable bonds is 9. The summed E-state index contributed by atoms with van der Waals surface area (Å²) < 4.78 is 26.3. The first-order chi connectivity index (χ1) is 13.6. The van der Waals surface area contributed by atoms with Crippen LogP contribution in [0.3, 0.4) is 0 Å². The van der Waals surface area contributed by atoms with Crippen LogP contribution in [0.2, 0.25) is 0 Å². The lowest BCUT2D eigenvalue weighted by atomic mass is 9.93. The molecule has 0 bridgehead atoms. The third-order valence-corrected chi connectivity index (χ3v) is 7.30. The van der Waals surface area contributed by atoms with Crippen molar-refractivity contribution in [1.82, 2.24) is 14.5 Å². The molecule has 0 spiro atoms. The lowest BCUT2D eigenvalue weighted by Crippen LogP contribution is -2.46. The van der Waals surface area contributed by atoms with E-state index in [4.69, 9.17) is 0 Å². The summed E-state index contributed by atoms with van der Waals surface area (Å²) in [5, 5.41) is 5.26. The van der Waals surface area contributed by atoms with Gasteiger partial charge in [-0.05, 0) is 37.1 Å². The predicted molar refractivity (Wildman–Crippen MR) is 109 cm³/mol. The van der Waals surface area contributed by atoms with Crippen LogP contribution in [0.1, 0.15) is 40.5 Å². The average molecular weight is 425 g/mol. The predicted octanol–water partition coefficient (Wildman–Crippen LogP) is 1.77. The Balaban J connectivity index is 2.07. The molecular weight excluding hydrogens is 396 g/mol. The quantitative estimate of drug-likeness (QED) is 0.586. The number of carbonyl (C=O) groups is 3. The van der Waals surface area contributed by atoms with Crippen molar-refractivity contribution in [3.63, 3.8) is 0 Å². The fourth-order valence-corrected chi connectivity index (χ4v) is 4.77. The molecule has 1 aromatic carbocycles. The number of nitrogens with one attached hydrogen (secondary N) is 2. The van der Waals surface area contributed by atoms with Gasteiger partial charge in [0.25, 0.3) is 5.91 Å². The smallest absolute Gasteiger partial charge is 0.325 e. The Morgan fingerprint density at radius 2 is 1.62 bits per heavy atom. The van der Waals surface area contributed by atoms with Gasteiger partial charge in [0.1, 0.15) is 12.1 Å². The average Bonchev–Trinajstić information content (AvgIpc) is 2.93. The van der Waals surface area contributed by atoms with Gasteiger partial charge in [-0.15, -0.1) is 0 Å². The number of nitrogens with zero attached hydrogens (tertiary/aromatic N) is 2. The highest BCUT2D eigenvalue weighted by Gasteiger charge is 2.49. The standard InChI is InChI=1S/C19H28N4O5S/c1-5-19(6-2)17(25)23(18(26)21-19)13-16(24)20-14-9-11-15(12-10-14)29(27,28)22(7-3)8-4/h9-12H,5-8,13H2,1-4H3,(H,20,24)(H,21,26). The number of amides is 4. The summed E-state index contributed by atoms with van der Waals surface area (Å²) in [7, 11) is -3.58. The van der Waals surface area contributed by atoms with Gasteiger partial charge >= 0.3 is 6.03 Å². The fraction of sp³-hybridized carbons (Fsp3) is 0.526. The molecular formula is C19H28N4O5S. The summed E-state index contributed by atoms with van der Waals surface area (Å²) in [6, 6.07) is 5.19. The molecule has 2 rings (SSSR count). The van der Waals surface area contributed by atoms with E-state index in [0.717, 1.165) is 4.90 Å². The van der Waals surface area contributed by atoms with Gasteiger partial charge in [-0.1, -0.05) is 27.7 Å². The fourth-order valence-electron chi connectivity index (χ4n) is 3.32. The van der Waals surface area contributed by atoms with E-state index in [-0.39, 0.29) is 4.90 Å². The first kappa shape index (κ1) is 22.8. The second kappa shape index (κ2) is 8.91.